The van der Waals surface area contributed by atoms with Gasteiger partial charge in [-0.2, -0.15) is 9.99 Å². The molecule has 0 unspecified atom stereocenters. The molecule has 0 bridgehead atoms. The molecular formula is C14H8IN3OS. The van der Waals surface area contributed by atoms with E-state index in [-0.39, 0.29) is 0 Å². The molecule has 0 aliphatic heterocycles. The molecule has 0 atom stereocenters. The van der Waals surface area contributed by atoms with Gasteiger partial charge < -0.3 is 4.28 Å². The Labute approximate surface area is 133 Å². The Balaban J connectivity index is 1.91. The topological polar surface area (TPSA) is 50.8 Å². The summed E-state index contributed by atoms with van der Waals surface area (Å²) in [6.45, 7) is 0. The van der Waals surface area contributed by atoms with E-state index in [1.54, 1.807) is 10.9 Å². The zero-order valence-corrected chi connectivity index (χ0v) is 13.1. The number of hydrogen-bond donors (Lipinski definition) is 0. The molecule has 0 aliphatic carbocycles. The fourth-order valence-electron chi connectivity index (χ4n) is 1.72. The molecule has 0 radical (unpaired) electrons. The predicted molar refractivity (Wildman–Crippen MR) is 86.0 cm³/mol. The van der Waals surface area contributed by atoms with Crippen LogP contribution in [0.4, 0.5) is 0 Å². The number of fused-ring (bicyclic) bond motifs is 1. The van der Waals surface area contributed by atoms with Crippen molar-refractivity contribution in [3.63, 3.8) is 0 Å². The van der Waals surface area contributed by atoms with Gasteiger partial charge in [0.05, 0.1) is 16.7 Å². The SMILES string of the molecule is N#Cc1cnc2c(c1)c(I)cn2OSc1ccccc1. The summed E-state index contributed by atoms with van der Waals surface area (Å²) in [6.07, 6.45) is 3.40. The van der Waals surface area contributed by atoms with Crippen molar-refractivity contribution in [1.82, 2.24) is 9.71 Å². The molecule has 0 N–H and O–H groups in total. The van der Waals surface area contributed by atoms with Gasteiger partial charge in [0.1, 0.15) is 18.1 Å². The van der Waals surface area contributed by atoms with Gasteiger partial charge in [-0.05, 0) is 40.8 Å². The van der Waals surface area contributed by atoms with Crippen molar-refractivity contribution in [2.75, 3.05) is 0 Å². The molecule has 6 heteroatoms. The fraction of sp³-hybridized carbons (Fsp3) is 0. The highest BCUT2D eigenvalue weighted by Crippen LogP contribution is 2.24. The molecule has 3 rings (SSSR count). The van der Waals surface area contributed by atoms with Gasteiger partial charge in [0.2, 0.25) is 0 Å². The smallest absolute Gasteiger partial charge is 0.178 e. The van der Waals surface area contributed by atoms with E-state index in [1.807, 2.05) is 42.6 Å². The second-order valence-corrected chi connectivity index (χ2v) is 5.93. The third-order valence-corrected chi connectivity index (χ3v) is 4.21. The summed E-state index contributed by atoms with van der Waals surface area (Å²) in [5, 5.41) is 9.83. The first-order valence-electron chi connectivity index (χ1n) is 5.74. The molecule has 0 amide bonds. The third kappa shape index (κ3) is 2.59. The Morgan fingerprint density at radius 3 is 2.85 bits per heavy atom. The van der Waals surface area contributed by atoms with Crippen molar-refractivity contribution in [3.05, 3.63) is 57.9 Å². The Hall–Kier alpha value is -1.72. The van der Waals surface area contributed by atoms with Crippen molar-refractivity contribution in [2.24, 2.45) is 0 Å². The molecule has 0 fully saturated rings. The Morgan fingerprint density at radius 1 is 1.30 bits per heavy atom. The van der Waals surface area contributed by atoms with E-state index in [4.69, 9.17) is 9.55 Å². The van der Waals surface area contributed by atoms with E-state index >= 15 is 0 Å². The summed E-state index contributed by atoms with van der Waals surface area (Å²) in [6, 6.07) is 13.7. The highest BCUT2D eigenvalue weighted by Gasteiger charge is 2.10. The molecular weight excluding hydrogens is 385 g/mol. The van der Waals surface area contributed by atoms with Gasteiger partial charge in [-0.25, -0.2) is 4.98 Å². The minimum Gasteiger partial charge on any atom is -0.334 e. The number of hydrogen-bond acceptors (Lipinski definition) is 4. The lowest BCUT2D eigenvalue weighted by Crippen LogP contribution is -2.02. The van der Waals surface area contributed by atoms with E-state index in [2.05, 4.69) is 33.6 Å². The summed E-state index contributed by atoms with van der Waals surface area (Å²) < 4.78 is 8.30. The number of aromatic nitrogens is 2. The summed E-state index contributed by atoms with van der Waals surface area (Å²) in [4.78, 5) is 5.29. The van der Waals surface area contributed by atoms with E-state index in [0.29, 0.717) is 11.2 Å². The lowest BCUT2D eigenvalue weighted by Gasteiger charge is -2.04. The molecule has 4 nitrogen and oxygen atoms in total. The van der Waals surface area contributed by atoms with Crippen LogP contribution in [-0.4, -0.2) is 9.71 Å². The number of nitrogens with zero attached hydrogens (tertiary/aromatic N) is 3. The van der Waals surface area contributed by atoms with Crippen molar-refractivity contribution in [3.8, 4) is 6.07 Å². The largest absolute Gasteiger partial charge is 0.334 e. The number of halogens is 1. The van der Waals surface area contributed by atoms with Crippen LogP contribution in [0.5, 0.6) is 0 Å². The lowest BCUT2D eigenvalue weighted by molar-refractivity contribution is 0.337. The van der Waals surface area contributed by atoms with E-state index in [9.17, 15) is 0 Å². The minimum atomic E-state index is 0.545. The zero-order chi connectivity index (χ0) is 13.9. The Bertz CT molecular complexity index is 795. The van der Waals surface area contributed by atoms with Gasteiger partial charge >= 0.3 is 0 Å². The highest BCUT2D eigenvalue weighted by molar-refractivity contribution is 14.1. The first-order valence-corrected chi connectivity index (χ1v) is 7.57. The van der Waals surface area contributed by atoms with Crippen LogP contribution >= 0.6 is 34.6 Å². The molecule has 2 aromatic heterocycles. The van der Waals surface area contributed by atoms with Crippen LogP contribution in [0.3, 0.4) is 0 Å². The lowest BCUT2D eigenvalue weighted by atomic mass is 10.2. The maximum Gasteiger partial charge on any atom is 0.178 e. The standard InChI is InChI=1S/C14H8IN3OS/c15-13-9-18(19-20-11-4-2-1-3-5-11)14-12(13)6-10(7-16)8-17-14/h1-6,8-9H. The van der Waals surface area contributed by atoms with Gasteiger partial charge in [-0.1, -0.05) is 18.2 Å². The van der Waals surface area contributed by atoms with Gasteiger partial charge in [0, 0.05) is 15.2 Å². The molecule has 0 spiro atoms. The van der Waals surface area contributed by atoms with E-state index < -0.39 is 0 Å². The number of nitriles is 1. The summed E-state index contributed by atoms with van der Waals surface area (Å²) in [5.74, 6) is 0. The predicted octanol–water partition coefficient (Wildman–Crippen LogP) is 3.65. The average Bonchev–Trinajstić information content (AvgIpc) is 2.82. The monoisotopic (exact) mass is 393 g/mol. The zero-order valence-electron chi connectivity index (χ0n) is 10.2. The molecule has 0 aliphatic rings. The normalized spacial score (nSPS) is 10.4. The van der Waals surface area contributed by atoms with Crippen molar-refractivity contribution >= 4 is 45.7 Å². The highest BCUT2D eigenvalue weighted by atomic mass is 127. The van der Waals surface area contributed by atoms with Crippen LogP contribution in [0.15, 0.2) is 53.7 Å². The quantitative estimate of drug-likeness (QED) is 0.504. The second-order valence-electron chi connectivity index (χ2n) is 3.98. The Kier molecular flexibility index (Phi) is 3.80. The molecule has 1 aromatic carbocycles. The maximum absolute atomic E-state index is 8.91. The van der Waals surface area contributed by atoms with Crippen LogP contribution in [0.1, 0.15) is 5.56 Å². The summed E-state index contributed by atoms with van der Waals surface area (Å²) >= 11 is 3.47. The minimum absolute atomic E-state index is 0.545. The van der Waals surface area contributed by atoms with Crippen molar-refractivity contribution in [2.45, 2.75) is 4.90 Å². The van der Waals surface area contributed by atoms with Gasteiger partial charge in [0.15, 0.2) is 5.65 Å². The number of rotatable bonds is 3. The first kappa shape index (κ1) is 13.3. The number of benzene rings is 1. The molecule has 0 saturated heterocycles. The molecule has 20 heavy (non-hydrogen) atoms. The molecule has 3 aromatic rings. The van der Waals surface area contributed by atoms with Crippen LogP contribution in [-0.2, 0) is 0 Å². The van der Waals surface area contributed by atoms with Gasteiger partial charge in [0.25, 0.3) is 0 Å². The van der Waals surface area contributed by atoms with Gasteiger partial charge in [-0.15, -0.1) is 0 Å². The van der Waals surface area contributed by atoms with Crippen LogP contribution in [0.25, 0.3) is 11.0 Å². The van der Waals surface area contributed by atoms with E-state index in [0.717, 1.165) is 13.9 Å². The maximum atomic E-state index is 8.91. The number of pyridine rings is 1. The van der Waals surface area contributed by atoms with Crippen LogP contribution in [0.2, 0.25) is 0 Å². The van der Waals surface area contributed by atoms with Crippen molar-refractivity contribution in [1.29, 1.82) is 5.26 Å². The Morgan fingerprint density at radius 2 is 2.10 bits per heavy atom. The van der Waals surface area contributed by atoms with Crippen LogP contribution < -0.4 is 4.28 Å². The van der Waals surface area contributed by atoms with Crippen LogP contribution in [0, 0.1) is 14.9 Å². The first-order chi connectivity index (χ1) is 9.78. The average molecular weight is 393 g/mol. The second kappa shape index (κ2) is 5.73. The summed E-state index contributed by atoms with van der Waals surface area (Å²) in [5.41, 5.74) is 1.25. The fourth-order valence-corrected chi connectivity index (χ4v) is 2.92. The van der Waals surface area contributed by atoms with Gasteiger partial charge in [-0.3, -0.25) is 0 Å². The third-order valence-electron chi connectivity index (χ3n) is 2.65. The van der Waals surface area contributed by atoms with Crippen molar-refractivity contribution < 1.29 is 4.28 Å². The molecule has 98 valence electrons. The molecule has 2 heterocycles. The van der Waals surface area contributed by atoms with E-state index in [1.165, 1.54) is 12.0 Å². The summed E-state index contributed by atoms with van der Waals surface area (Å²) in [7, 11) is 0. The molecule has 0 saturated carbocycles.